The third kappa shape index (κ3) is 4.93. The Labute approximate surface area is 207 Å². The van der Waals surface area contributed by atoms with E-state index in [9.17, 15) is 9.59 Å². The molecule has 0 aliphatic carbocycles. The molecule has 2 amide bonds. The number of halogens is 1. The van der Waals surface area contributed by atoms with Crippen LogP contribution in [0.5, 0.6) is 0 Å². The number of benzene rings is 2. The number of nitrogens with one attached hydrogen (secondary N) is 1. The molecular weight excluding hydrogens is 466 g/mol. The number of aryl methyl sites for hydroxylation is 1. The second kappa shape index (κ2) is 9.68. The van der Waals surface area contributed by atoms with Crippen molar-refractivity contribution in [3.63, 3.8) is 0 Å². The van der Waals surface area contributed by atoms with E-state index in [4.69, 9.17) is 16.0 Å². The van der Waals surface area contributed by atoms with E-state index >= 15 is 0 Å². The van der Waals surface area contributed by atoms with Gasteiger partial charge in [-0.05, 0) is 55.0 Å². The van der Waals surface area contributed by atoms with Crippen molar-refractivity contribution in [2.75, 3.05) is 36.4 Å². The Kier molecular flexibility index (Phi) is 6.29. The summed E-state index contributed by atoms with van der Waals surface area (Å²) in [5.41, 5.74) is 4.70. The minimum absolute atomic E-state index is 0.00699. The predicted molar refractivity (Wildman–Crippen MR) is 135 cm³/mol. The van der Waals surface area contributed by atoms with Gasteiger partial charge in [0.05, 0.1) is 35.6 Å². The van der Waals surface area contributed by atoms with Gasteiger partial charge in [-0.25, -0.2) is 4.68 Å². The minimum atomic E-state index is -0.273. The first-order valence-electron chi connectivity index (χ1n) is 11.3. The summed E-state index contributed by atoms with van der Waals surface area (Å²) < 4.78 is 6.58. The van der Waals surface area contributed by atoms with Gasteiger partial charge in [0.15, 0.2) is 0 Å². The molecular formula is C26H24ClN5O3. The summed E-state index contributed by atoms with van der Waals surface area (Å²) >= 11 is 6.18. The van der Waals surface area contributed by atoms with Crippen LogP contribution < -0.4 is 10.2 Å². The lowest BCUT2D eigenvalue weighted by atomic mass is 10.1. The number of piperazine rings is 1. The average molecular weight is 490 g/mol. The molecule has 5 rings (SSSR count). The average Bonchev–Trinajstić information content (AvgIpc) is 3.58. The fourth-order valence-corrected chi connectivity index (χ4v) is 4.30. The highest BCUT2D eigenvalue weighted by Crippen LogP contribution is 2.25. The quantitative estimate of drug-likeness (QED) is 0.441. The zero-order valence-electron chi connectivity index (χ0n) is 19.1. The van der Waals surface area contributed by atoms with Gasteiger partial charge in [-0.2, -0.15) is 5.10 Å². The number of amides is 2. The molecule has 1 N–H and O–H groups in total. The molecule has 3 heterocycles. The van der Waals surface area contributed by atoms with Gasteiger partial charge in [-0.15, -0.1) is 0 Å². The van der Waals surface area contributed by atoms with Crippen LogP contribution in [0.1, 0.15) is 26.3 Å². The van der Waals surface area contributed by atoms with Crippen LogP contribution in [0.2, 0.25) is 5.02 Å². The van der Waals surface area contributed by atoms with Crippen molar-refractivity contribution in [2.45, 2.75) is 6.92 Å². The normalized spacial score (nSPS) is 13.7. The zero-order chi connectivity index (χ0) is 24.4. The molecule has 8 nitrogen and oxygen atoms in total. The van der Waals surface area contributed by atoms with Gasteiger partial charge >= 0.3 is 0 Å². The molecule has 0 unspecified atom stereocenters. The van der Waals surface area contributed by atoms with E-state index in [2.05, 4.69) is 22.2 Å². The number of anilines is 2. The third-order valence-electron chi connectivity index (χ3n) is 6.08. The maximum atomic E-state index is 13.1. The SMILES string of the molecule is Cc1ccc(Cl)cc1N1CCN(C(=O)c2ccc(-n3cc(NC(=O)c4ccoc4)cn3)cc2)CC1. The van der Waals surface area contributed by atoms with Gasteiger partial charge in [0.2, 0.25) is 0 Å². The Hall–Kier alpha value is -4.04. The number of hydrogen-bond donors (Lipinski definition) is 1. The highest BCUT2D eigenvalue weighted by Gasteiger charge is 2.23. The van der Waals surface area contributed by atoms with E-state index in [1.54, 1.807) is 35.3 Å². The van der Waals surface area contributed by atoms with Crippen LogP contribution >= 0.6 is 11.6 Å². The molecule has 4 aromatic rings. The standard InChI is InChI=1S/C26H24ClN5O3/c1-18-2-5-21(27)14-24(18)30-9-11-31(12-10-30)26(34)19-3-6-23(7-4-19)32-16-22(15-28-32)29-25(33)20-8-13-35-17-20/h2-8,13-17H,9-12H2,1H3,(H,29,33). The van der Waals surface area contributed by atoms with Crippen LogP contribution in [0.3, 0.4) is 0 Å². The van der Waals surface area contributed by atoms with Gasteiger partial charge in [-0.1, -0.05) is 17.7 Å². The summed E-state index contributed by atoms with van der Waals surface area (Å²) in [6.45, 7) is 4.87. The number of rotatable bonds is 5. The van der Waals surface area contributed by atoms with E-state index in [1.165, 1.54) is 18.1 Å². The fourth-order valence-electron chi connectivity index (χ4n) is 4.14. The molecule has 178 valence electrons. The smallest absolute Gasteiger partial charge is 0.259 e. The van der Waals surface area contributed by atoms with E-state index in [1.807, 2.05) is 35.2 Å². The van der Waals surface area contributed by atoms with Gasteiger partial charge < -0.3 is 19.5 Å². The van der Waals surface area contributed by atoms with Crippen LogP contribution in [0.25, 0.3) is 5.69 Å². The van der Waals surface area contributed by atoms with Crippen LogP contribution in [0, 0.1) is 6.92 Å². The first-order chi connectivity index (χ1) is 17.0. The minimum Gasteiger partial charge on any atom is -0.472 e. The summed E-state index contributed by atoms with van der Waals surface area (Å²) in [5, 5.41) is 7.79. The first kappa shape index (κ1) is 22.7. The number of furan rings is 1. The van der Waals surface area contributed by atoms with Gasteiger partial charge in [0.25, 0.3) is 11.8 Å². The molecule has 0 radical (unpaired) electrons. The van der Waals surface area contributed by atoms with E-state index < -0.39 is 0 Å². The van der Waals surface area contributed by atoms with E-state index in [0.717, 1.165) is 24.5 Å². The Morgan fingerprint density at radius 2 is 1.77 bits per heavy atom. The van der Waals surface area contributed by atoms with Crippen LogP contribution in [0.15, 0.2) is 77.9 Å². The molecule has 1 fully saturated rings. The molecule has 0 bridgehead atoms. The topological polar surface area (TPSA) is 83.6 Å². The predicted octanol–water partition coefficient (Wildman–Crippen LogP) is 4.64. The summed E-state index contributed by atoms with van der Waals surface area (Å²) in [6.07, 6.45) is 6.11. The lowest BCUT2D eigenvalue weighted by Gasteiger charge is -2.37. The molecule has 2 aromatic heterocycles. The monoisotopic (exact) mass is 489 g/mol. The molecule has 35 heavy (non-hydrogen) atoms. The Morgan fingerprint density at radius 3 is 2.49 bits per heavy atom. The van der Waals surface area contributed by atoms with Crippen molar-refractivity contribution in [2.24, 2.45) is 0 Å². The lowest BCUT2D eigenvalue weighted by Crippen LogP contribution is -2.49. The number of carbonyl (C=O) groups excluding carboxylic acids is 2. The van der Waals surface area contributed by atoms with Crippen molar-refractivity contribution in [3.8, 4) is 5.69 Å². The van der Waals surface area contributed by atoms with E-state index in [0.29, 0.717) is 34.9 Å². The largest absolute Gasteiger partial charge is 0.472 e. The molecule has 9 heteroatoms. The molecule has 2 aromatic carbocycles. The van der Waals surface area contributed by atoms with Crippen molar-refractivity contribution in [1.29, 1.82) is 0 Å². The van der Waals surface area contributed by atoms with Crippen LogP contribution in [-0.4, -0.2) is 52.7 Å². The highest BCUT2D eigenvalue weighted by molar-refractivity contribution is 6.30. The van der Waals surface area contributed by atoms with Gasteiger partial charge in [0.1, 0.15) is 6.26 Å². The van der Waals surface area contributed by atoms with Crippen molar-refractivity contribution in [3.05, 3.63) is 95.2 Å². The van der Waals surface area contributed by atoms with Crippen molar-refractivity contribution < 1.29 is 14.0 Å². The number of nitrogens with zero attached hydrogens (tertiary/aromatic N) is 4. The Morgan fingerprint density at radius 1 is 1.00 bits per heavy atom. The number of carbonyl (C=O) groups is 2. The highest BCUT2D eigenvalue weighted by atomic mass is 35.5. The van der Waals surface area contributed by atoms with Gasteiger partial charge in [-0.3, -0.25) is 9.59 Å². The molecule has 0 spiro atoms. The second-order valence-corrected chi connectivity index (χ2v) is 8.83. The molecule has 1 aliphatic heterocycles. The third-order valence-corrected chi connectivity index (χ3v) is 6.32. The summed E-state index contributed by atoms with van der Waals surface area (Å²) in [4.78, 5) is 29.4. The van der Waals surface area contributed by atoms with Crippen molar-refractivity contribution in [1.82, 2.24) is 14.7 Å². The molecule has 0 saturated carbocycles. The zero-order valence-corrected chi connectivity index (χ0v) is 19.9. The molecule has 1 aliphatic rings. The first-order valence-corrected chi connectivity index (χ1v) is 11.6. The second-order valence-electron chi connectivity index (χ2n) is 8.40. The summed E-state index contributed by atoms with van der Waals surface area (Å²) in [5.74, 6) is -0.266. The summed E-state index contributed by atoms with van der Waals surface area (Å²) in [6, 6.07) is 14.8. The Balaban J connectivity index is 1.20. The van der Waals surface area contributed by atoms with Gasteiger partial charge in [0, 0.05) is 42.5 Å². The Bertz CT molecular complexity index is 1340. The molecule has 0 atom stereocenters. The summed E-state index contributed by atoms with van der Waals surface area (Å²) in [7, 11) is 0. The van der Waals surface area contributed by atoms with Crippen LogP contribution in [-0.2, 0) is 0 Å². The number of aromatic nitrogens is 2. The van der Waals surface area contributed by atoms with Crippen molar-refractivity contribution >= 4 is 34.8 Å². The number of hydrogen-bond acceptors (Lipinski definition) is 5. The van der Waals surface area contributed by atoms with E-state index in [-0.39, 0.29) is 11.8 Å². The maximum Gasteiger partial charge on any atom is 0.259 e. The fraction of sp³-hybridized carbons (Fsp3) is 0.192. The maximum absolute atomic E-state index is 13.1. The van der Waals surface area contributed by atoms with Crippen LogP contribution in [0.4, 0.5) is 11.4 Å². The molecule has 1 saturated heterocycles. The lowest BCUT2D eigenvalue weighted by molar-refractivity contribution is 0.0746.